The minimum Gasteiger partial charge on any atom is -0.352 e. The first-order valence-electron chi connectivity index (χ1n) is 9.00. The van der Waals surface area contributed by atoms with Crippen LogP contribution >= 0.6 is 0 Å². The van der Waals surface area contributed by atoms with Gasteiger partial charge in [-0.3, -0.25) is 9.59 Å². The Labute approximate surface area is 151 Å². The fraction of sp³-hybridized carbons (Fsp3) is 0.833. The fourth-order valence-corrected chi connectivity index (χ4v) is 2.50. The summed E-state index contributed by atoms with van der Waals surface area (Å²) < 4.78 is 0. The standard InChI is InChI=1S/C18H36N4O3/c1-11(2)14(21-12(3)4)16(24)22-13(15(23)18(5,6)7)9-8-10-20-17(19)25/h11-14,21H,8-10H2,1-7H3,(H,22,24)(H3,19,20,25)/t13-,14-/m0/s1. The van der Waals surface area contributed by atoms with Gasteiger partial charge >= 0.3 is 6.03 Å². The molecule has 0 unspecified atom stereocenters. The molecule has 25 heavy (non-hydrogen) atoms. The van der Waals surface area contributed by atoms with Crippen molar-refractivity contribution in [2.24, 2.45) is 17.1 Å². The molecule has 0 saturated carbocycles. The molecule has 146 valence electrons. The fourth-order valence-electron chi connectivity index (χ4n) is 2.50. The highest BCUT2D eigenvalue weighted by molar-refractivity contribution is 5.93. The van der Waals surface area contributed by atoms with Crippen LogP contribution < -0.4 is 21.7 Å². The largest absolute Gasteiger partial charge is 0.352 e. The van der Waals surface area contributed by atoms with Crippen molar-refractivity contribution < 1.29 is 14.4 Å². The van der Waals surface area contributed by atoms with Crippen molar-refractivity contribution in [2.75, 3.05) is 6.54 Å². The van der Waals surface area contributed by atoms with E-state index in [0.717, 1.165) is 0 Å². The molecule has 0 aliphatic carbocycles. The first-order chi connectivity index (χ1) is 11.4. The van der Waals surface area contributed by atoms with Gasteiger partial charge in [-0.25, -0.2) is 4.79 Å². The molecule has 0 aromatic heterocycles. The number of Topliss-reactive ketones (excluding diaryl/α,β-unsaturated/α-hetero) is 1. The molecule has 7 nitrogen and oxygen atoms in total. The summed E-state index contributed by atoms with van der Waals surface area (Å²) in [5.74, 6) is -0.0922. The summed E-state index contributed by atoms with van der Waals surface area (Å²) in [5.41, 5.74) is 4.48. The lowest BCUT2D eigenvalue weighted by molar-refractivity contribution is -0.133. The number of urea groups is 1. The third-order valence-electron chi connectivity index (χ3n) is 3.80. The van der Waals surface area contributed by atoms with E-state index in [2.05, 4.69) is 16.0 Å². The van der Waals surface area contributed by atoms with E-state index in [4.69, 9.17) is 5.73 Å². The van der Waals surface area contributed by atoms with E-state index in [9.17, 15) is 14.4 Å². The van der Waals surface area contributed by atoms with Crippen LogP contribution in [0.25, 0.3) is 0 Å². The van der Waals surface area contributed by atoms with E-state index in [0.29, 0.717) is 19.4 Å². The van der Waals surface area contributed by atoms with Crippen LogP contribution in [0.1, 0.15) is 61.3 Å². The van der Waals surface area contributed by atoms with E-state index < -0.39 is 17.5 Å². The zero-order valence-corrected chi connectivity index (χ0v) is 16.7. The molecule has 0 spiro atoms. The summed E-state index contributed by atoms with van der Waals surface area (Å²) in [6.07, 6.45) is 1.01. The maximum Gasteiger partial charge on any atom is 0.312 e. The van der Waals surface area contributed by atoms with Crippen molar-refractivity contribution >= 4 is 17.7 Å². The SMILES string of the molecule is CC(C)N[C@H](C(=O)N[C@@H](CCCNC(N)=O)C(=O)C(C)(C)C)C(C)C. The third-order valence-corrected chi connectivity index (χ3v) is 3.80. The van der Waals surface area contributed by atoms with Gasteiger partial charge in [0, 0.05) is 18.0 Å². The van der Waals surface area contributed by atoms with Gasteiger partial charge in [0.2, 0.25) is 5.91 Å². The Balaban J connectivity index is 5.03. The molecule has 0 fully saturated rings. The van der Waals surface area contributed by atoms with Gasteiger partial charge in [0.1, 0.15) is 0 Å². The summed E-state index contributed by atoms with van der Waals surface area (Å²) >= 11 is 0. The molecule has 5 N–H and O–H groups in total. The molecule has 0 heterocycles. The number of rotatable bonds is 10. The van der Waals surface area contributed by atoms with Crippen molar-refractivity contribution in [3.63, 3.8) is 0 Å². The Morgan fingerprint density at radius 2 is 1.60 bits per heavy atom. The number of carbonyl (C=O) groups is 3. The number of primary amides is 1. The second-order valence-corrected chi connectivity index (χ2v) is 8.15. The van der Waals surface area contributed by atoms with E-state index in [1.165, 1.54) is 0 Å². The normalized spacial score (nSPS) is 14.3. The molecule has 0 aliphatic heterocycles. The molecule has 0 rings (SSSR count). The van der Waals surface area contributed by atoms with E-state index in [-0.39, 0.29) is 29.7 Å². The maximum atomic E-state index is 12.7. The highest BCUT2D eigenvalue weighted by Gasteiger charge is 2.32. The Kier molecular flexibility index (Phi) is 9.70. The van der Waals surface area contributed by atoms with Gasteiger partial charge in [0.15, 0.2) is 5.78 Å². The Bertz CT molecular complexity index is 456. The number of hydrogen-bond acceptors (Lipinski definition) is 4. The molecule has 0 aromatic rings. The summed E-state index contributed by atoms with van der Waals surface area (Å²) in [5, 5.41) is 8.65. The van der Waals surface area contributed by atoms with E-state index in [1.807, 2.05) is 48.5 Å². The van der Waals surface area contributed by atoms with Gasteiger partial charge in [-0.15, -0.1) is 0 Å². The Morgan fingerprint density at radius 3 is 2.00 bits per heavy atom. The highest BCUT2D eigenvalue weighted by Crippen LogP contribution is 2.19. The number of nitrogens with two attached hydrogens (primary N) is 1. The minimum absolute atomic E-state index is 0.0213. The molecule has 2 atom stereocenters. The molecule has 0 bridgehead atoms. The third kappa shape index (κ3) is 9.43. The van der Waals surface area contributed by atoms with Crippen LogP contribution in [0.4, 0.5) is 4.79 Å². The van der Waals surface area contributed by atoms with Crippen LogP contribution in [0.3, 0.4) is 0 Å². The van der Waals surface area contributed by atoms with Gasteiger partial charge in [-0.2, -0.15) is 0 Å². The quantitative estimate of drug-likeness (QED) is 0.445. The number of amides is 3. The van der Waals surface area contributed by atoms with Gasteiger partial charge in [-0.05, 0) is 18.8 Å². The lowest BCUT2D eigenvalue weighted by Gasteiger charge is -2.29. The van der Waals surface area contributed by atoms with Crippen molar-refractivity contribution in [2.45, 2.75) is 79.4 Å². The van der Waals surface area contributed by atoms with Crippen LogP contribution in [0.2, 0.25) is 0 Å². The molecule has 0 aliphatic rings. The van der Waals surface area contributed by atoms with Crippen molar-refractivity contribution in [1.29, 1.82) is 0 Å². The molecule has 7 heteroatoms. The zero-order chi connectivity index (χ0) is 19.8. The van der Waals surface area contributed by atoms with Crippen molar-refractivity contribution in [3.05, 3.63) is 0 Å². The Morgan fingerprint density at radius 1 is 1.04 bits per heavy atom. The van der Waals surface area contributed by atoms with Crippen molar-refractivity contribution in [3.8, 4) is 0 Å². The van der Waals surface area contributed by atoms with Gasteiger partial charge in [-0.1, -0.05) is 48.5 Å². The molecular weight excluding hydrogens is 320 g/mol. The average Bonchev–Trinajstić information content (AvgIpc) is 2.45. The zero-order valence-electron chi connectivity index (χ0n) is 16.7. The monoisotopic (exact) mass is 356 g/mol. The molecule has 3 amide bonds. The average molecular weight is 357 g/mol. The second kappa shape index (κ2) is 10.4. The molecule has 0 radical (unpaired) electrons. The van der Waals surface area contributed by atoms with Crippen LogP contribution in [-0.2, 0) is 9.59 Å². The first kappa shape index (κ1) is 23.4. The highest BCUT2D eigenvalue weighted by atomic mass is 16.2. The van der Waals surface area contributed by atoms with Gasteiger partial charge in [0.25, 0.3) is 0 Å². The van der Waals surface area contributed by atoms with Crippen LogP contribution in [-0.4, -0.2) is 42.4 Å². The number of nitrogens with one attached hydrogen (secondary N) is 3. The molecule has 0 saturated heterocycles. The number of carbonyl (C=O) groups excluding carboxylic acids is 3. The van der Waals surface area contributed by atoms with E-state index in [1.54, 1.807) is 0 Å². The van der Waals surface area contributed by atoms with Crippen molar-refractivity contribution in [1.82, 2.24) is 16.0 Å². The molecule has 0 aromatic carbocycles. The topological polar surface area (TPSA) is 113 Å². The summed E-state index contributed by atoms with van der Waals surface area (Å²) in [6.45, 7) is 13.8. The summed E-state index contributed by atoms with van der Waals surface area (Å²) in [4.78, 5) is 36.1. The Hall–Kier alpha value is -1.63. The van der Waals surface area contributed by atoms with Gasteiger partial charge < -0.3 is 21.7 Å². The predicted octanol–water partition coefficient (Wildman–Crippen LogP) is 1.56. The minimum atomic E-state index is -0.594. The lowest BCUT2D eigenvalue weighted by Crippen LogP contribution is -2.55. The number of hydrogen-bond donors (Lipinski definition) is 4. The van der Waals surface area contributed by atoms with Gasteiger partial charge in [0.05, 0.1) is 12.1 Å². The predicted molar refractivity (Wildman–Crippen MR) is 100 cm³/mol. The number of ketones is 1. The van der Waals surface area contributed by atoms with Crippen LogP contribution in [0.5, 0.6) is 0 Å². The maximum absolute atomic E-state index is 12.7. The first-order valence-corrected chi connectivity index (χ1v) is 9.00. The van der Waals surface area contributed by atoms with Crippen LogP contribution in [0.15, 0.2) is 0 Å². The van der Waals surface area contributed by atoms with Crippen LogP contribution in [0, 0.1) is 11.3 Å². The summed E-state index contributed by atoms with van der Waals surface area (Å²) in [7, 11) is 0. The second-order valence-electron chi connectivity index (χ2n) is 8.15. The molecular formula is C18H36N4O3. The lowest BCUT2D eigenvalue weighted by atomic mass is 9.84. The van der Waals surface area contributed by atoms with E-state index >= 15 is 0 Å². The summed E-state index contributed by atoms with van der Waals surface area (Å²) in [6, 6.07) is -1.38. The smallest absolute Gasteiger partial charge is 0.312 e.